The quantitative estimate of drug-likeness (QED) is 0.841. The van der Waals surface area contributed by atoms with E-state index in [4.69, 9.17) is 0 Å². The molecule has 1 unspecified atom stereocenters. The zero-order valence-electron chi connectivity index (χ0n) is 10.9. The van der Waals surface area contributed by atoms with E-state index in [1.54, 1.807) is 23.3 Å². The Morgan fingerprint density at radius 2 is 2.37 bits per heavy atom. The summed E-state index contributed by atoms with van der Waals surface area (Å²) in [5.74, 6) is 0.329. The van der Waals surface area contributed by atoms with Crippen LogP contribution in [-0.4, -0.2) is 26.4 Å². The number of amides is 1. The number of hydrogen-bond acceptors (Lipinski definition) is 4. The summed E-state index contributed by atoms with van der Waals surface area (Å²) in [6, 6.07) is 3.75. The Hall–Kier alpha value is -1.82. The molecule has 0 bridgehead atoms. The summed E-state index contributed by atoms with van der Waals surface area (Å²) in [6.07, 6.45) is 5.21. The number of hydrogen-bond donors (Lipinski definition) is 2. The monoisotopic (exact) mass is 276 g/mol. The lowest BCUT2D eigenvalue weighted by Gasteiger charge is -2.08. The lowest BCUT2D eigenvalue weighted by molar-refractivity contribution is -0.118. The first-order chi connectivity index (χ1) is 9.11. The summed E-state index contributed by atoms with van der Waals surface area (Å²) in [7, 11) is 0. The smallest absolute Gasteiger partial charge is 0.228 e. The molecule has 0 aliphatic rings. The van der Waals surface area contributed by atoms with E-state index in [9.17, 15) is 4.79 Å². The summed E-state index contributed by atoms with van der Waals surface area (Å²) in [5.41, 5.74) is 2.33. The average Bonchev–Trinajstić information content (AvgIpc) is 2.80. The summed E-state index contributed by atoms with van der Waals surface area (Å²) < 4.78 is 1.70. The molecule has 1 amide bonds. The van der Waals surface area contributed by atoms with Gasteiger partial charge < -0.3 is 5.32 Å². The Bertz CT molecular complexity index is 567. The number of carbonyl (C=O) groups excluding carboxylic acids is 1. The molecule has 2 aromatic heterocycles. The van der Waals surface area contributed by atoms with Gasteiger partial charge >= 0.3 is 0 Å². The standard InChI is InChI=1S/C13H16N4OS/c1-9(8-19)13(18)15-12-7-17(16-10(12)2)11-4-3-5-14-6-11/h3-7,9,19H,8H2,1-2H3,(H,15,18). The van der Waals surface area contributed by atoms with E-state index in [-0.39, 0.29) is 11.8 Å². The van der Waals surface area contributed by atoms with Gasteiger partial charge in [-0.05, 0) is 19.1 Å². The van der Waals surface area contributed by atoms with Gasteiger partial charge in [-0.25, -0.2) is 4.68 Å². The van der Waals surface area contributed by atoms with Crippen LogP contribution < -0.4 is 5.32 Å². The van der Waals surface area contributed by atoms with Crippen LogP contribution in [0.4, 0.5) is 5.69 Å². The molecule has 0 aliphatic heterocycles. The zero-order valence-corrected chi connectivity index (χ0v) is 11.8. The molecule has 2 aromatic rings. The number of carbonyl (C=O) groups is 1. The van der Waals surface area contributed by atoms with Crippen molar-refractivity contribution in [1.82, 2.24) is 14.8 Å². The number of aryl methyl sites for hydroxylation is 1. The van der Waals surface area contributed by atoms with Crippen LogP contribution in [0.1, 0.15) is 12.6 Å². The predicted molar refractivity (Wildman–Crippen MR) is 77.7 cm³/mol. The molecule has 2 heterocycles. The Kier molecular flexibility index (Phi) is 4.21. The van der Waals surface area contributed by atoms with Crippen LogP contribution in [0.2, 0.25) is 0 Å². The van der Waals surface area contributed by atoms with Gasteiger partial charge in [-0.1, -0.05) is 6.92 Å². The minimum atomic E-state index is -0.135. The van der Waals surface area contributed by atoms with Crippen LogP contribution in [-0.2, 0) is 4.79 Å². The maximum Gasteiger partial charge on any atom is 0.228 e. The van der Waals surface area contributed by atoms with E-state index in [0.29, 0.717) is 11.4 Å². The maximum absolute atomic E-state index is 11.8. The van der Waals surface area contributed by atoms with Gasteiger partial charge in [0.2, 0.25) is 5.91 Å². The van der Waals surface area contributed by atoms with Crippen molar-refractivity contribution in [3.63, 3.8) is 0 Å². The number of anilines is 1. The van der Waals surface area contributed by atoms with E-state index in [2.05, 4.69) is 28.0 Å². The molecule has 100 valence electrons. The van der Waals surface area contributed by atoms with Crippen molar-refractivity contribution in [3.05, 3.63) is 36.4 Å². The van der Waals surface area contributed by atoms with E-state index < -0.39 is 0 Å². The Balaban J connectivity index is 2.20. The van der Waals surface area contributed by atoms with Crippen molar-refractivity contribution in [2.75, 3.05) is 11.1 Å². The second kappa shape index (κ2) is 5.88. The van der Waals surface area contributed by atoms with Crippen LogP contribution in [0, 0.1) is 12.8 Å². The van der Waals surface area contributed by atoms with Gasteiger partial charge in [0.25, 0.3) is 0 Å². The molecule has 6 heteroatoms. The third-order valence-corrected chi connectivity index (χ3v) is 3.34. The summed E-state index contributed by atoms with van der Waals surface area (Å²) in [4.78, 5) is 15.9. The van der Waals surface area contributed by atoms with E-state index in [1.165, 1.54) is 0 Å². The topological polar surface area (TPSA) is 59.8 Å². The van der Waals surface area contributed by atoms with E-state index in [0.717, 1.165) is 11.4 Å². The Morgan fingerprint density at radius 1 is 1.58 bits per heavy atom. The number of nitrogens with zero attached hydrogens (tertiary/aromatic N) is 3. The Labute approximate surface area is 117 Å². The number of aromatic nitrogens is 3. The van der Waals surface area contributed by atoms with Crippen molar-refractivity contribution >= 4 is 24.2 Å². The normalized spacial score (nSPS) is 12.2. The first-order valence-corrected chi connectivity index (χ1v) is 6.63. The minimum absolute atomic E-state index is 0.0520. The van der Waals surface area contributed by atoms with Crippen molar-refractivity contribution in [3.8, 4) is 5.69 Å². The third kappa shape index (κ3) is 3.14. The maximum atomic E-state index is 11.8. The van der Waals surface area contributed by atoms with Crippen LogP contribution in [0.3, 0.4) is 0 Å². The molecule has 1 N–H and O–H groups in total. The summed E-state index contributed by atoms with van der Waals surface area (Å²) in [6.45, 7) is 3.69. The molecule has 1 atom stereocenters. The third-order valence-electron chi connectivity index (χ3n) is 2.79. The van der Waals surface area contributed by atoms with Crippen LogP contribution in [0.5, 0.6) is 0 Å². The van der Waals surface area contributed by atoms with Gasteiger partial charge in [-0.2, -0.15) is 17.7 Å². The van der Waals surface area contributed by atoms with Crippen molar-refractivity contribution in [2.24, 2.45) is 5.92 Å². The molecule has 0 aliphatic carbocycles. The number of rotatable bonds is 4. The molecule has 0 radical (unpaired) electrons. The molecule has 0 saturated heterocycles. The van der Waals surface area contributed by atoms with E-state index >= 15 is 0 Å². The number of nitrogens with one attached hydrogen (secondary N) is 1. The SMILES string of the molecule is Cc1nn(-c2cccnc2)cc1NC(=O)C(C)CS. The molecule has 0 saturated carbocycles. The fourth-order valence-corrected chi connectivity index (χ4v) is 1.71. The summed E-state index contributed by atoms with van der Waals surface area (Å²) >= 11 is 4.12. The lowest BCUT2D eigenvalue weighted by Crippen LogP contribution is -2.21. The Morgan fingerprint density at radius 3 is 3.00 bits per heavy atom. The van der Waals surface area contributed by atoms with Gasteiger partial charge in [-0.3, -0.25) is 9.78 Å². The average molecular weight is 276 g/mol. The molecule has 0 spiro atoms. The van der Waals surface area contributed by atoms with Crippen LogP contribution in [0.25, 0.3) is 5.69 Å². The molecule has 5 nitrogen and oxygen atoms in total. The fraction of sp³-hybridized carbons (Fsp3) is 0.308. The highest BCUT2D eigenvalue weighted by Gasteiger charge is 2.14. The fourth-order valence-electron chi connectivity index (χ4n) is 1.54. The molecule has 19 heavy (non-hydrogen) atoms. The highest BCUT2D eigenvalue weighted by molar-refractivity contribution is 7.80. The molecule has 0 fully saturated rings. The number of thiol groups is 1. The molecule has 2 rings (SSSR count). The highest BCUT2D eigenvalue weighted by Crippen LogP contribution is 2.17. The van der Waals surface area contributed by atoms with Crippen molar-refractivity contribution in [1.29, 1.82) is 0 Å². The second-order valence-electron chi connectivity index (χ2n) is 4.36. The van der Waals surface area contributed by atoms with Gasteiger partial charge in [0.05, 0.1) is 29.5 Å². The molecular weight excluding hydrogens is 260 g/mol. The van der Waals surface area contributed by atoms with Gasteiger partial charge in [0.15, 0.2) is 0 Å². The molecule has 0 aromatic carbocycles. The predicted octanol–water partition coefficient (Wildman–Crippen LogP) is 2.08. The molecular formula is C13H16N4OS. The summed E-state index contributed by atoms with van der Waals surface area (Å²) in [5, 5.41) is 7.22. The zero-order chi connectivity index (χ0) is 13.8. The van der Waals surface area contributed by atoms with Gasteiger partial charge in [0, 0.05) is 17.9 Å². The van der Waals surface area contributed by atoms with Gasteiger partial charge in [-0.15, -0.1) is 0 Å². The van der Waals surface area contributed by atoms with Crippen LogP contribution in [0.15, 0.2) is 30.7 Å². The number of pyridine rings is 1. The largest absolute Gasteiger partial charge is 0.323 e. The van der Waals surface area contributed by atoms with Crippen molar-refractivity contribution in [2.45, 2.75) is 13.8 Å². The van der Waals surface area contributed by atoms with Gasteiger partial charge in [0.1, 0.15) is 0 Å². The highest BCUT2D eigenvalue weighted by atomic mass is 32.1. The van der Waals surface area contributed by atoms with Crippen molar-refractivity contribution < 1.29 is 4.79 Å². The first-order valence-electron chi connectivity index (χ1n) is 6.00. The minimum Gasteiger partial charge on any atom is -0.323 e. The van der Waals surface area contributed by atoms with E-state index in [1.807, 2.05) is 26.0 Å². The second-order valence-corrected chi connectivity index (χ2v) is 4.72. The van der Waals surface area contributed by atoms with Crippen LogP contribution >= 0.6 is 12.6 Å². The lowest BCUT2D eigenvalue weighted by atomic mass is 10.2. The first kappa shape index (κ1) is 13.6.